The molecule has 1 saturated heterocycles. The Morgan fingerprint density at radius 1 is 1.04 bits per heavy atom. The molecule has 2 aliphatic rings. The number of imidazole rings is 1. The highest BCUT2D eigenvalue weighted by Crippen LogP contribution is 2.39. The summed E-state index contributed by atoms with van der Waals surface area (Å²) < 4.78 is 57.7. The SMILES string of the molecule is CCN1CCN(c2cc(C(N)=O)c(C(=O)Nc3n[nH]c4c3CN(S(=O)(=O)c3cc(F)cc(F)c3)CC4(C)C)cc2-c2ncc(C(=O)O)n2C)CC1. The molecule has 18 heteroatoms. The lowest BCUT2D eigenvalue weighted by Crippen LogP contribution is -2.46. The third-order valence-electron chi connectivity index (χ3n) is 9.41. The highest BCUT2D eigenvalue weighted by Gasteiger charge is 2.41. The predicted molar refractivity (Wildman–Crippen MR) is 182 cm³/mol. The fraction of sp³-hybridized carbons (Fsp3) is 0.364. The first-order valence-electron chi connectivity index (χ1n) is 16.1. The van der Waals surface area contributed by atoms with Crippen molar-refractivity contribution in [3.05, 3.63) is 76.2 Å². The zero-order chi connectivity index (χ0) is 37.0. The monoisotopic (exact) mass is 725 g/mol. The number of carboxylic acid groups (broad SMARTS) is 1. The Bertz CT molecular complexity index is 2150. The number of fused-ring (bicyclic) bond motifs is 1. The molecule has 15 nitrogen and oxygen atoms in total. The van der Waals surface area contributed by atoms with Crippen LogP contribution < -0.4 is 16.0 Å². The van der Waals surface area contributed by atoms with Crippen molar-refractivity contribution in [1.82, 2.24) is 29.0 Å². The standard InChI is InChI=1S/C33H37F2N9O6S/c1-5-42-6-8-43(9-7-42)25-14-21(28(36)45)22(13-23(25)30-37-15-26(32(47)48)41(30)4)31(46)38-29-24-16-44(17-33(2,3)27(24)39-40-29)51(49,50)20-11-18(34)10-19(35)12-20/h10-15H,5-9,16-17H2,1-4H3,(H2,36,45)(H,47,48)(H2,38,39,40,46). The van der Waals surface area contributed by atoms with Crippen LogP contribution in [-0.4, -0.2) is 99.5 Å². The average molecular weight is 726 g/mol. The molecular formula is C33H37F2N9O6S. The average Bonchev–Trinajstić information content (AvgIpc) is 3.67. The number of hydrogen-bond acceptors (Lipinski definition) is 9. The van der Waals surface area contributed by atoms with E-state index in [4.69, 9.17) is 5.73 Å². The molecule has 0 spiro atoms. The second kappa shape index (κ2) is 13.2. The number of carbonyl (C=O) groups is 3. The lowest BCUT2D eigenvalue weighted by Gasteiger charge is -2.37. The Morgan fingerprint density at radius 3 is 2.29 bits per heavy atom. The van der Waals surface area contributed by atoms with E-state index in [9.17, 15) is 36.7 Å². The number of aromatic carboxylic acids is 1. The van der Waals surface area contributed by atoms with Crippen molar-refractivity contribution in [2.75, 3.05) is 49.5 Å². The number of aromatic nitrogens is 4. The molecule has 0 aliphatic carbocycles. The number of hydrogen-bond donors (Lipinski definition) is 4. The van der Waals surface area contributed by atoms with Crippen LogP contribution in [0.5, 0.6) is 0 Å². The molecular weight excluding hydrogens is 688 g/mol. The van der Waals surface area contributed by atoms with Crippen LogP contribution in [0.1, 0.15) is 63.2 Å². The number of nitrogens with zero attached hydrogens (tertiary/aromatic N) is 6. The first kappa shape index (κ1) is 35.6. The van der Waals surface area contributed by atoms with Gasteiger partial charge in [0.1, 0.15) is 23.2 Å². The number of anilines is 2. The number of likely N-dealkylation sites (N-methyl/N-ethyl adjacent to an activating group) is 1. The Balaban J connectivity index is 1.40. The maximum Gasteiger partial charge on any atom is 0.354 e. The maximum absolute atomic E-state index is 14.1. The molecule has 0 saturated carbocycles. The Kier molecular flexibility index (Phi) is 9.19. The number of aromatic amines is 1. The fourth-order valence-corrected chi connectivity index (χ4v) is 8.30. The topological polar surface area (TPSA) is 200 Å². The zero-order valence-electron chi connectivity index (χ0n) is 28.3. The third-order valence-corrected chi connectivity index (χ3v) is 11.2. The molecule has 2 aromatic heterocycles. The van der Waals surface area contributed by atoms with Gasteiger partial charge in [-0.1, -0.05) is 20.8 Å². The van der Waals surface area contributed by atoms with Gasteiger partial charge < -0.3 is 30.5 Å². The van der Waals surface area contributed by atoms with E-state index in [2.05, 4.69) is 32.3 Å². The van der Waals surface area contributed by atoms with Gasteiger partial charge in [-0.05, 0) is 30.8 Å². The predicted octanol–water partition coefficient (Wildman–Crippen LogP) is 2.76. The van der Waals surface area contributed by atoms with Crippen LogP contribution in [0.2, 0.25) is 0 Å². The van der Waals surface area contributed by atoms with Gasteiger partial charge in [-0.2, -0.15) is 9.40 Å². The summed E-state index contributed by atoms with van der Waals surface area (Å²) in [6.07, 6.45) is 1.20. The molecule has 51 heavy (non-hydrogen) atoms. The summed E-state index contributed by atoms with van der Waals surface area (Å²) in [5.74, 6) is -4.80. The smallest absolute Gasteiger partial charge is 0.354 e. The largest absolute Gasteiger partial charge is 0.477 e. The number of halogens is 2. The van der Waals surface area contributed by atoms with Crippen molar-refractivity contribution >= 4 is 39.3 Å². The summed E-state index contributed by atoms with van der Waals surface area (Å²) in [4.78, 5) is 46.9. The Hall–Kier alpha value is -5.20. The van der Waals surface area contributed by atoms with Gasteiger partial charge in [0.25, 0.3) is 5.91 Å². The molecule has 4 aromatic rings. The summed E-state index contributed by atoms with van der Waals surface area (Å²) in [7, 11) is -2.87. The van der Waals surface area contributed by atoms with Crippen molar-refractivity contribution in [3.8, 4) is 11.4 Å². The molecule has 0 radical (unpaired) electrons. The Morgan fingerprint density at radius 2 is 1.71 bits per heavy atom. The van der Waals surface area contributed by atoms with Gasteiger partial charge in [-0.3, -0.25) is 14.7 Å². The number of benzene rings is 2. The van der Waals surface area contributed by atoms with Crippen LogP contribution in [0.25, 0.3) is 11.4 Å². The molecule has 0 atom stereocenters. The second-order valence-electron chi connectivity index (χ2n) is 13.2. The number of carbonyl (C=O) groups excluding carboxylic acids is 2. The molecule has 1 fully saturated rings. The molecule has 270 valence electrons. The van der Waals surface area contributed by atoms with Crippen molar-refractivity contribution in [3.63, 3.8) is 0 Å². The van der Waals surface area contributed by atoms with Gasteiger partial charge in [-0.15, -0.1) is 0 Å². The van der Waals surface area contributed by atoms with E-state index in [1.165, 1.54) is 29.9 Å². The van der Waals surface area contributed by atoms with E-state index >= 15 is 0 Å². The molecule has 2 aromatic carbocycles. The lowest BCUT2D eigenvalue weighted by atomic mass is 9.84. The molecule has 2 amide bonds. The molecule has 6 rings (SSSR count). The first-order valence-corrected chi connectivity index (χ1v) is 17.5. The summed E-state index contributed by atoms with van der Waals surface area (Å²) in [5, 5.41) is 19.5. The molecule has 0 unspecified atom stereocenters. The normalized spacial score (nSPS) is 16.5. The highest BCUT2D eigenvalue weighted by atomic mass is 32.2. The number of carboxylic acids is 1. The third kappa shape index (κ3) is 6.57. The van der Waals surface area contributed by atoms with Crippen molar-refractivity contribution < 1.29 is 36.7 Å². The number of sulfonamides is 1. The quantitative estimate of drug-likeness (QED) is 0.199. The van der Waals surface area contributed by atoms with Gasteiger partial charge in [0, 0.05) is 80.3 Å². The first-order chi connectivity index (χ1) is 24.0. The van der Waals surface area contributed by atoms with Crippen LogP contribution in [0.3, 0.4) is 0 Å². The molecule has 2 aliphatic heterocycles. The van der Waals surface area contributed by atoms with E-state index in [0.717, 1.165) is 36.1 Å². The van der Waals surface area contributed by atoms with Crippen LogP contribution in [-0.2, 0) is 29.0 Å². The van der Waals surface area contributed by atoms with Crippen LogP contribution in [0.15, 0.2) is 41.4 Å². The van der Waals surface area contributed by atoms with Gasteiger partial charge in [-0.25, -0.2) is 27.0 Å². The number of rotatable bonds is 9. The van der Waals surface area contributed by atoms with Gasteiger partial charge in [0.2, 0.25) is 15.9 Å². The fourth-order valence-electron chi connectivity index (χ4n) is 6.69. The molecule has 4 heterocycles. The van der Waals surface area contributed by atoms with Crippen molar-refractivity contribution in [2.45, 2.75) is 37.6 Å². The minimum atomic E-state index is -4.40. The van der Waals surface area contributed by atoms with Gasteiger partial charge >= 0.3 is 5.97 Å². The number of primary amides is 1. The van der Waals surface area contributed by atoms with Crippen LogP contribution >= 0.6 is 0 Å². The van der Waals surface area contributed by atoms with E-state index in [0.29, 0.717) is 41.7 Å². The van der Waals surface area contributed by atoms with Crippen LogP contribution in [0, 0.1) is 11.6 Å². The summed E-state index contributed by atoms with van der Waals surface area (Å²) >= 11 is 0. The Labute approximate surface area is 292 Å². The highest BCUT2D eigenvalue weighted by molar-refractivity contribution is 7.89. The van der Waals surface area contributed by atoms with Crippen molar-refractivity contribution in [2.24, 2.45) is 12.8 Å². The molecule has 5 N–H and O–H groups in total. The number of nitrogens with two attached hydrogens (primary N) is 1. The minimum absolute atomic E-state index is 0.0321. The van der Waals surface area contributed by atoms with Crippen molar-refractivity contribution in [1.29, 1.82) is 0 Å². The van der Waals surface area contributed by atoms with E-state index in [1.807, 2.05) is 4.90 Å². The van der Waals surface area contributed by atoms with E-state index in [1.54, 1.807) is 13.8 Å². The zero-order valence-corrected chi connectivity index (χ0v) is 29.1. The number of H-pyrrole nitrogens is 1. The summed E-state index contributed by atoms with van der Waals surface area (Å²) in [6.45, 7) is 8.66. The van der Waals surface area contributed by atoms with Crippen LogP contribution in [0.4, 0.5) is 20.3 Å². The number of amides is 2. The summed E-state index contributed by atoms with van der Waals surface area (Å²) in [6, 6.07) is 4.97. The number of piperazine rings is 1. The molecule has 0 bridgehead atoms. The van der Waals surface area contributed by atoms with E-state index < -0.39 is 49.8 Å². The van der Waals surface area contributed by atoms with E-state index in [-0.39, 0.29) is 41.6 Å². The van der Waals surface area contributed by atoms with Gasteiger partial charge in [0.05, 0.1) is 22.2 Å². The summed E-state index contributed by atoms with van der Waals surface area (Å²) in [5.41, 5.74) is 6.35. The second-order valence-corrected chi connectivity index (χ2v) is 15.1. The minimum Gasteiger partial charge on any atom is -0.477 e. The number of nitrogens with one attached hydrogen (secondary N) is 2. The lowest BCUT2D eigenvalue weighted by molar-refractivity contribution is 0.0686. The van der Waals surface area contributed by atoms with Gasteiger partial charge in [0.15, 0.2) is 5.82 Å². The maximum atomic E-state index is 14.1.